The van der Waals surface area contributed by atoms with Crippen LogP contribution in [0, 0.1) is 0 Å². The Morgan fingerprint density at radius 3 is 2.78 bits per heavy atom. The third-order valence-corrected chi connectivity index (χ3v) is 4.29. The minimum Gasteiger partial charge on any atom is -0.337 e. The van der Waals surface area contributed by atoms with Crippen molar-refractivity contribution in [2.24, 2.45) is 0 Å². The van der Waals surface area contributed by atoms with E-state index in [-0.39, 0.29) is 30.7 Å². The van der Waals surface area contributed by atoms with Crippen LogP contribution in [-0.2, 0) is 0 Å². The number of hydrogen-bond donors (Lipinski definition) is 1. The van der Waals surface area contributed by atoms with Crippen LogP contribution < -0.4 is 5.32 Å². The summed E-state index contributed by atoms with van der Waals surface area (Å²) in [5.74, 6) is 0.0266. The highest BCUT2D eigenvalue weighted by molar-refractivity contribution is 6.05. The molecule has 1 atom stereocenters. The Labute approximate surface area is 149 Å². The van der Waals surface area contributed by atoms with E-state index in [4.69, 9.17) is 0 Å². The lowest BCUT2D eigenvalue weighted by Crippen LogP contribution is -2.38. The van der Waals surface area contributed by atoms with Crippen molar-refractivity contribution in [3.8, 4) is 0 Å². The average Bonchev–Trinajstić information content (AvgIpc) is 2.82. The minimum absolute atomic E-state index is 0. The van der Waals surface area contributed by atoms with Crippen molar-refractivity contribution in [2.45, 2.75) is 25.3 Å². The number of fused-ring (bicyclic) bond motifs is 1. The maximum Gasteiger partial charge on any atom is 0.273 e. The Morgan fingerprint density at radius 2 is 1.96 bits per heavy atom. The number of carbonyl (C=O) groups excluding carboxylic acids is 1. The van der Waals surface area contributed by atoms with E-state index in [1.165, 1.54) is 0 Å². The fraction of sp³-hybridized carbons (Fsp3) is 0.412. The second kappa shape index (κ2) is 9.06. The minimum atomic E-state index is 0. The SMILES string of the molecule is CN(C(=O)c1nccc2ccccc12)C1CCCNCC1.Cl.Cl. The molecule has 0 aliphatic carbocycles. The number of nitrogens with zero attached hydrogens (tertiary/aromatic N) is 2. The standard InChI is InChI=1S/C17H21N3O.2ClH/c1-20(14-6-4-10-18-11-9-14)17(21)16-15-7-3-2-5-13(15)8-12-19-16;;/h2-3,5,7-8,12,14,18H,4,6,9-11H2,1H3;2*1H. The normalized spacial score (nSPS) is 17.5. The van der Waals surface area contributed by atoms with E-state index in [2.05, 4.69) is 10.3 Å². The van der Waals surface area contributed by atoms with Gasteiger partial charge in [-0.05, 0) is 43.8 Å². The highest BCUT2D eigenvalue weighted by atomic mass is 35.5. The van der Waals surface area contributed by atoms with Crippen molar-refractivity contribution < 1.29 is 4.79 Å². The van der Waals surface area contributed by atoms with Crippen LogP contribution in [0.15, 0.2) is 36.5 Å². The van der Waals surface area contributed by atoms with E-state index in [9.17, 15) is 4.79 Å². The first-order chi connectivity index (χ1) is 10.3. The van der Waals surface area contributed by atoms with Gasteiger partial charge in [-0.2, -0.15) is 0 Å². The Bertz CT molecular complexity index is 637. The molecule has 1 amide bonds. The molecule has 1 N–H and O–H groups in total. The molecule has 2 heterocycles. The molecule has 0 radical (unpaired) electrons. The quantitative estimate of drug-likeness (QED) is 0.898. The van der Waals surface area contributed by atoms with E-state index < -0.39 is 0 Å². The Balaban J connectivity index is 0.00000132. The summed E-state index contributed by atoms with van der Waals surface area (Å²) >= 11 is 0. The van der Waals surface area contributed by atoms with Gasteiger partial charge in [0.15, 0.2) is 0 Å². The van der Waals surface area contributed by atoms with Crippen LogP contribution in [0.2, 0.25) is 0 Å². The summed E-state index contributed by atoms with van der Waals surface area (Å²) in [4.78, 5) is 19.0. The molecule has 1 fully saturated rings. The zero-order valence-electron chi connectivity index (χ0n) is 13.2. The van der Waals surface area contributed by atoms with Gasteiger partial charge in [0.1, 0.15) is 5.69 Å². The largest absolute Gasteiger partial charge is 0.337 e. The topological polar surface area (TPSA) is 45.2 Å². The molecule has 6 heteroatoms. The van der Waals surface area contributed by atoms with Gasteiger partial charge in [-0.15, -0.1) is 24.8 Å². The zero-order chi connectivity index (χ0) is 14.7. The van der Waals surface area contributed by atoms with Crippen molar-refractivity contribution in [3.05, 3.63) is 42.2 Å². The van der Waals surface area contributed by atoms with Gasteiger partial charge in [0.2, 0.25) is 0 Å². The smallest absolute Gasteiger partial charge is 0.273 e. The van der Waals surface area contributed by atoms with Crippen LogP contribution in [0.5, 0.6) is 0 Å². The molecule has 2 aromatic rings. The fourth-order valence-electron chi connectivity index (χ4n) is 3.01. The molecule has 1 aromatic heterocycles. The summed E-state index contributed by atoms with van der Waals surface area (Å²) in [5.41, 5.74) is 0.563. The second-order valence-electron chi connectivity index (χ2n) is 5.63. The van der Waals surface area contributed by atoms with Crippen LogP contribution >= 0.6 is 24.8 Å². The predicted octanol–water partition coefficient (Wildman–Crippen LogP) is 3.29. The van der Waals surface area contributed by atoms with E-state index in [0.29, 0.717) is 11.7 Å². The van der Waals surface area contributed by atoms with Crippen LogP contribution in [0.1, 0.15) is 29.8 Å². The molecule has 3 rings (SSSR count). The van der Waals surface area contributed by atoms with Gasteiger partial charge in [0, 0.05) is 24.7 Å². The van der Waals surface area contributed by atoms with Crippen LogP contribution in [0.3, 0.4) is 0 Å². The van der Waals surface area contributed by atoms with Crippen molar-refractivity contribution in [1.29, 1.82) is 0 Å². The summed E-state index contributed by atoms with van der Waals surface area (Å²) in [6.07, 6.45) is 4.90. The highest BCUT2D eigenvalue weighted by Crippen LogP contribution is 2.20. The summed E-state index contributed by atoms with van der Waals surface area (Å²) in [7, 11) is 1.90. The summed E-state index contributed by atoms with van der Waals surface area (Å²) in [6.45, 7) is 2.02. The molecular weight excluding hydrogens is 333 g/mol. The molecule has 126 valence electrons. The Hall–Kier alpha value is -1.36. The fourth-order valence-corrected chi connectivity index (χ4v) is 3.01. The van der Waals surface area contributed by atoms with Crippen LogP contribution in [0.25, 0.3) is 10.8 Å². The maximum absolute atomic E-state index is 12.8. The summed E-state index contributed by atoms with van der Waals surface area (Å²) in [5, 5.41) is 5.38. The molecule has 0 saturated carbocycles. The predicted molar refractivity (Wildman–Crippen MR) is 98.8 cm³/mol. The number of nitrogens with one attached hydrogen (secondary N) is 1. The van der Waals surface area contributed by atoms with Crippen molar-refractivity contribution in [2.75, 3.05) is 20.1 Å². The van der Waals surface area contributed by atoms with Gasteiger partial charge < -0.3 is 10.2 Å². The van der Waals surface area contributed by atoms with Gasteiger partial charge in [-0.3, -0.25) is 9.78 Å². The first kappa shape index (κ1) is 19.7. The summed E-state index contributed by atoms with van der Waals surface area (Å²) < 4.78 is 0. The zero-order valence-corrected chi connectivity index (χ0v) is 14.8. The summed E-state index contributed by atoms with van der Waals surface area (Å²) in [6, 6.07) is 10.2. The van der Waals surface area contributed by atoms with Crippen LogP contribution in [-0.4, -0.2) is 42.0 Å². The van der Waals surface area contributed by atoms with Gasteiger partial charge in [0.05, 0.1) is 0 Å². The molecular formula is C17H23Cl2N3O. The van der Waals surface area contributed by atoms with E-state index in [0.717, 1.165) is 43.1 Å². The first-order valence-electron chi connectivity index (χ1n) is 7.59. The Morgan fingerprint density at radius 1 is 1.17 bits per heavy atom. The van der Waals surface area contributed by atoms with E-state index in [1.54, 1.807) is 6.20 Å². The molecule has 1 aliphatic rings. The van der Waals surface area contributed by atoms with Crippen LogP contribution in [0.4, 0.5) is 0 Å². The monoisotopic (exact) mass is 355 g/mol. The molecule has 1 saturated heterocycles. The second-order valence-corrected chi connectivity index (χ2v) is 5.63. The Kier molecular flexibility index (Phi) is 7.76. The lowest BCUT2D eigenvalue weighted by Gasteiger charge is -2.27. The molecule has 1 aliphatic heterocycles. The third kappa shape index (κ3) is 4.34. The molecule has 4 nitrogen and oxygen atoms in total. The highest BCUT2D eigenvalue weighted by Gasteiger charge is 2.24. The van der Waals surface area contributed by atoms with Gasteiger partial charge in [-0.25, -0.2) is 0 Å². The number of benzene rings is 1. The molecule has 0 bridgehead atoms. The number of pyridine rings is 1. The lowest BCUT2D eigenvalue weighted by atomic mass is 10.1. The molecule has 1 aromatic carbocycles. The number of halogens is 2. The van der Waals surface area contributed by atoms with Crippen molar-refractivity contribution >= 4 is 41.5 Å². The third-order valence-electron chi connectivity index (χ3n) is 4.29. The maximum atomic E-state index is 12.8. The average molecular weight is 356 g/mol. The number of amides is 1. The van der Waals surface area contributed by atoms with E-state index in [1.807, 2.05) is 42.3 Å². The number of hydrogen-bond acceptors (Lipinski definition) is 3. The van der Waals surface area contributed by atoms with Crippen molar-refractivity contribution in [3.63, 3.8) is 0 Å². The first-order valence-corrected chi connectivity index (χ1v) is 7.59. The molecule has 0 spiro atoms. The number of carbonyl (C=O) groups is 1. The number of aromatic nitrogens is 1. The number of rotatable bonds is 2. The van der Waals surface area contributed by atoms with Crippen molar-refractivity contribution in [1.82, 2.24) is 15.2 Å². The van der Waals surface area contributed by atoms with Gasteiger partial charge in [-0.1, -0.05) is 24.3 Å². The van der Waals surface area contributed by atoms with Gasteiger partial charge in [0.25, 0.3) is 5.91 Å². The lowest BCUT2D eigenvalue weighted by molar-refractivity contribution is 0.0716. The van der Waals surface area contributed by atoms with E-state index >= 15 is 0 Å². The molecule has 1 unspecified atom stereocenters. The molecule has 23 heavy (non-hydrogen) atoms. The van der Waals surface area contributed by atoms with Gasteiger partial charge >= 0.3 is 0 Å².